The van der Waals surface area contributed by atoms with Crippen LogP contribution in [0.15, 0.2) is 24.5 Å². The predicted molar refractivity (Wildman–Crippen MR) is 87.0 cm³/mol. The van der Waals surface area contributed by atoms with Gasteiger partial charge in [0.25, 0.3) is 0 Å². The van der Waals surface area contributed by atoms with Gasteiger partial charge in [-0.05, 0) is 45.7 Å². The molecule has 1 atom stereocenters. The van der Waals surface area contributed by atoms with Crippen molar-refractivity contribution in [2.45, 2.75) is 44.8 Å². The minimum atomic E-state index is -1.16. The summed E-state index contributed by atoms with van der Waals surface area (Å²) in [6, 6.07) is 3.78. The molecule has 0 spiro atoms. The molecule has 1 aliphatic heterocycles. The molecule has 0 radical (unpaired) electrons. The molecule has 0 aliphatic carbocycles. The smallest absolute Gasteiger partial charge is 0.410 e. The largest absolute Gasteiger partial charge is 0.444 e. The summed E-state index contributed by atoms with van der Waals surface area (Å²) < 4.78 is 5.43. The van der Waals surface area contributed by atoms with Crippen LogP contribution in [-0.4, -0.2) is 44.8 Å². The summed E-state index contributed by atoms with van der Waals surface area (Å²) in [5.41, 5.74) is -0.162. The van der Waals surface area contributed by atoms with Crippen LogP contribution in [0.2, 0.25) is 0 Å². The fourth-order valence-electron chi connectivity index (χ4n) is 3.07. The van der Waals surface area contributed by atoms with E-state index in [0.717, 1.165) is 10.9 Å². The van der Waals surface area contributed by atoms with Crippen molar-refractivity contribution in [3.05, 3.63) is 30.2 Å². The summed E-state index contributed by atoms with van der Waals surface area (Å²) >= 11 is 0. The van der Waals surface area contributed by atoms with Crippen molar-refractivity contribution in [2.75, 3.05) is 13.1 Å². The Hall–Kier alpha value is -2.08. The third kappa shape index (κ3) is 3.17. The average molecular weight is 317 g/mol. The van der Waals surface area contributed by atoms with Gasteiger partial charge in [-0.3, -0.25) is 4.98 Å². The van der Waals surface area contributed by atoms with Crippen molar-refractivity contribution in [1.29, 1.82) is 0 Å². The first-order valence-corrected chi connectivity index (χ1v) is 7.91. The van der Waals surface area contributed by atoms with Crippen molar-refractivity contribution in [3.8, 4) is 0 Å². The van der Waals surface area contributed by atoms with Crippen molar-refractivity contribution in [3.63, 3.8) is 0 Å². The number of aromatic nitrogens is 2. The maximum Gasteiger partial charge on any atom is 0.410 e. The Morgan fingerprint density at radius 1 is 1.43 bits per heavy atom. The van der Waals surface area contributed by atoms with Gasteiger partial charge in [-0.25, -0.2) is 4.79 Å². The predicted octanol–water partition coefficient (Wildman–Crippen LogP) is 2.78. The normalized spacial score (nSPS) is 22.3. The number of nitrogens with one attached hydrogen (secondary N) is 1. The van der Waals surface area contributed by atoms with Gasteiger partial charge in [0.05, 0.1) is 12.2 Å². The Kier molecular flexibility index (Phi) is 3.80. The molecule has 3 rings (SSSR count). The van der Waals surface area contributed by atoms with E-state index in [-0.39, 0.29) is 6.54 Å². The van der Waals surface area contributed by atoms with E-state index in [1.807, 2.05) is 39.1 Å². The molecule has 3 heterocycles. The number of likely N-dealkylation sites (tertiary alicyclic amines) is 1. The van der Waals surface area contributed by atoms with Crippen LogP contribution in [0.25, 0.3) is 10.9 Å². The first-order valence-electron chi connectivity index (χ1n) is 7.91. The molecule has 1 aliphatic rings. The van der Waals surface area contributed by atoms with Crippen molar-refractivity contribution in [2.24, 2.45) is 0 Å². The molecule has 6 heteroatoms. The van der Waals surface area contributed by atoms with E-state index in [0.29, 0.717) is 25.1 Å². The number of ether oxygens (including phenoxy) is 1. The highest BCUT2D eigenvalue weighted by Crippen LogP contribution is 2.34. The molecular formula is C17H23N3O3. The van der Waals surface area contributed by atoms with Crippen LogP contribution in [0.5, 0.6) is 0 Å². The Labute approximate surface area is 135 Å². The molecule has 2 aromatic rings. The zero-order valence-corrected chi connectivity index (χ0v) is 13.8. The second kappa shape index (κ2) is 5.53. The Morgan fingerprint density at radius 3 is 2.96 bits per heavy atom. The highest BCUT2D eigenvalue weighted by molar-refractivity contribution is 5.82. The number of aromatic amines is 1. The lowest BCUT2D eigenvalue weighted by atomic mass is 9.87. The molecule has 0 bridgehead atoms. The van der Waals surface area contributed by atoms with Gasteiger partial charge < -0.3 is 19.7 Å². The standard InChI is InChI=1S/C17H23N3O3/c1-16(2,3)23-15(21)20-10-4-7-17(22,11-20)14-12-5-8-18-13(12)6-9-19-14/h5-6,8-9,18,22H,4,7,10-11H2,1-3H3/t17-/m1/s1. The van der Waals surface area contributed by atoms with Gasteiger partial charge in [0.15, 0.2) is 0 Å². The summed E-state index contributed by atoms with van der Waals surface area (Å²) in [5, 5.41) is 12.0. The molecule has 0 saturated carbocycles. The molecule has 2 aromatic heterocycles. The fraction of sp³-hybridized carbons (Fsp3) is 0.529. The number of hydrogen-bond acceptors (Lipinski definition) is 4. The molecule has 1 saturated heterocycles. The molecule has 0 aromatic carbocycles. The first-order chi connectivity index (χ1) is 10.8. The van der Waals surface area contributed by atoms with Gasteiger partial charge in [-0.2, -0.15) is 0 Å². The van der Waals surface area contributed by atoms with E-state index in [1.54, 1.807) is 11.1 Å². The number of pyridine rings is 1. The van der Waals surface area contributed by atoms with E-state index in [2.05, 4.69) is 9.97 Å². The number of fused-ring (bicyclic) bond motifs is 1. The second-order valence-electron chi connectivity index (χ2n) is 7.14. The monoisotopic (exact) mass is 317 g/mol. The van der Waals surface area contributed by atoms with Crippen LogP contribution >= 0.6 is 0 Å². The Bertz CT molecular complexity index is 719. The number of piperidine rings is 1. The first kappa shape index (κ1) is 15.8. The van der Waals surface area contributed by atoms with Gasteiger partial charge in [0, 0.05) is 29.8 Å². The Balaban J connectivity index is 1.87. The van der Waals surface area contributed by atoms with Crippen molar-refractivity contribution < 1.29 is 14.6 Å². The summed E-state index contributed by atoms with van der Waals surface area (Å²) in [4.78, 5) is 21.4. The minimum absolute atomic E-state index is 0.194. The van der Waals surface area contributed by atoms with Crippen LogP contribution < -0.4 is 0 Å². The van der Waals surface area contributed by atoms with Crippen molar-refractivity contribution in [1.82, 2.24) is 14.9 Å². The SMILES string of the molecule is CC(C)(C)OC(=O)N1CCC[C@](O)(c2nccc3[nH]ccc23)C1. The van der Waals surface area contributed by atoms with E-state index in [4.69, 9.17) is 4.74 Å². The molecular weight excluding hydrogens is 294 g/mol. The number of rotatable bonds is 1. The lowest BCUT2D eigenvalue weighted by Crippen LogP contribution is -2.50. The van der Waals surface area contributed by atoms with Crippen LogP contribution in [-0.2, 0) is 10.3 Å². The molecule has 6 nitrogen and oxygen atoms in total. The third-order valence-corrected chi connectivity index (χ3v) is 4.04. The summed E-state index contributed by atoms with van der Waals surface area (Å²) in [5.74, 6) is 0. The Morgan fingerprint density at radius 2 is 2.22 bits per heavy atom. The second-order valence-corrected chi connectivity index (χ2v) is 7.14. The molecule has 1 fully saturated rings. The summed E-state index contributed by atoms with van der Waals surface area (Å²) in [6.45, 7) is 6.29. The van der Waals surface area contributed by atoms with E-state index in [9.17, 15) is 9.90 Å². The van der Waals surface area contributed by atoms with E-state index >= 15 is 0 Å². The van der Waals surface area contributed by atoms with Gasteiger partial charge in [-0.15, -0.1) is 0 Å². The number of amides is 1. The number of H-pyrrole nitrogens is 1. The van der Waals surface area contributed by atoms with E-state index < -0.39 is 17.3 Å². The van der Waals surface area contributed by atoms with E-state index in [1.165, 1.54) is 0 Å². The molecule has 23 heavy (non-hydrogen) atoms. The minimum Gasteiger partial charge on any atom is -0.444 e. The number of aliphatic hydroxyl groups is 1. The molecule has 2 N–H and O–H groups in total. The zero-order valence-electron chi connectivity index (χ0n) is 13.8. The number of β-amino-alcohol motifs (C(OH)–C–C–N with tert-alkyl or cyclic N) is 1. The van der Waals surface area contributed by atoms with Gasteiger partial charge in [-0.1, -0.05) is 0 Å². The van der Waals surface area contributed by atoms with Gasteiger partial charge in [0.1, 0.15) is 11.2 Å². The number of nitrogens with zero attached hydrogens (tertiary/aromatic N) is 2. The van der Waals surface area contributed by atoms with Crippen LogP contribution in [0, 0.1) is 0 Å². The van der Waals surface area contributed by atoms with Crippen molar-refractivity contribution >= 4 is 17.0 Å². The van der Waals surface area contributed by atoms with Crippen LogP contribution in [0.1, 0.15) is 39.3 Å². The highest BCUT2D eigenvalue weighted by Gasteiger charge is 2.40. The lowest BCUT2D eigenvalue weighted by molar-refractivity contribution is -0.0480. The lowest BCUT2D eigenvalue weighted by Gasteiger charge is -2.39. The van der Waals surface area contributed by atoms with Gasteiger partial charge >= 0.3 is 6.09 Å². The number of carbonyl (C=O) groups excluding carboxylic acids is 1. The summed E-state index contributed by atoms with van der Waals surface area (Å²) in [7, 11) is 0. The fourth-order valence-corrected chi connectivity index (χ4v) is 3.07. The summed E-state index contributed by atoms with van der Waals surface area (Å²) in [6.07, 6.45) is 4.39. The topological polar surface area (TPSA) is 78.4 Å². The maximum absolute atomic E-state index is 12.3. The quantitative estimate of drug-likeness (QED) is 0.848. The number of hydrogen-bond donors (Lipinski definition) is 2. The molecule has 0 unspecified atom stereocenters. The molecule has 1 amide bonds. The van der Waals surface area contributed by atoms with Crippen LogP contribution in [0.3, 0.4) is 0 Å². The number of carbonyl (C=O) groups is 1. The maximum atomic E-state index is 12.3. The zero-order chi connectivity index (χ0) is 16.7. The molecule has 124 valence electrons. The average Bonchev–Trinajstić information content (AvgIpc) is 2.93. The highest BCUT2D eigenvalue weighted by atomic mass is 16.6. The third-order valence-electron chi connectivity index (χ3n) is 4.04. The van der Waals surface area contributed by atoms with Gasteiger partial charge in [0.2, 0.25) is 0 Å². The van der Waals surface area contributed by atoms with Crippen LogP contribution in [0.4, 0.5) is 4.79 Å².